The lowest BCUT2D eigenvalue weighted by Crippen LogP contribution is -2.37. The molecule has 0 aliphatic carbocycles. The number of likely N-dealkylation sites (N-methyl/N-ethyl adjacent to an activating group) is 1. The van der Waals surface area contributed by atoms with Crippen molar-refractivity contribution >= 4 is 23.3 Å². The van der Waals surface area contributed by atoms with Gasteiger partial charge in [-0.15, -0.1) is 0 Å². The lowest BCUT2D eigenvalue weighted by molar-refractivity contribution is -0.119. The summed E-state index contributed by atoms with van der Waals surface area (Å²) in [4.78, 5) is 23.9. The van der Waals surface area contributed by atoms with Gasteiger partial charge in [0, 0.05) is 26.8 Å². The number of benzene rings is 1. The summed E-state index contributed by atoms with van der Waals surface area (Å²) in [6.07, 6.45) is 0. The third-order valence-electron chi connectivity index (χ3n) is 2.77. The van der Waals surface area contributed by atoms with Crippen molar-refractivity contribution in [3.63, 3.8) is 0 Å². The number of aromatic carboxylic acids is 1. The highest BCUT2D eigenvalue weighted by Gasteiger charge is 2.17. The van der Waals surface area contributed by atoms with Crippen molar-refractivity contribution in [2.45, 2.75) is 0 Å². The largest absolute Gasteiger partial charge is 0.478 e. The van der Waals surface area contributed by atoms with Crippen LogP contribution >= 0.6 is 0 Å². The Kier molecular flexibility index (Phi) is 5.92. The Bertz CT molecular complexity index is 536. The molecule has 4 N–H and O–H groups in total. The summed E-state index contributed by atoms with van der Waals surface area (Å²) in [5.41, 5.74) is 5.53. The van der Waals surface area contributed by atoms with Gasteiger partial charge in [0.15, 0.2) is 0 Å². The van der Waals surface area contributed by atoms with Gasteiger partial charge in [-0.05, 0) is 6.07 Å². The second-order valence-corrected chi connectivity index (χ2v) is 4.39. The average molecular weight is 299 g/mol. The second-order valence-electron chi connectivity index (χ2n) is 4.39. The highest BCUT2D eigenvalue weighted by Crippen LogP contribution is 2.25. The fourth-order valence-corrected chi connectivity index (χ4v) is 1.72. The molecule has 0 bridgehead atoms. The van der Waals surface area contributed by atoms with Crippen molar-refractivity contribution in [2.24, 2.45) is 0 Å². The fourth-order valence-electron chi connectivity index (χ4n) is 1.72. The first-order valence-corrected chi connectivity index (χ1v) is 6.16. The van der Waals surface area contributed by atoms with E-state index in [9.17, 15) is 14.0 Å². The number of halogens is 1. The van der Waals surface area contributed by atoms with Gasteiger partial charge in [-0.1, -0.05) is 0 Å². The Morgan fingerprint density at radius 3 is 2.71 bits per heavy atom. The van der Waals surface area contributed by atoms with E-state index in [-0.39, 0.29) is 23.8 Å². The average Bonchev–Trinajstić information content (AvgIpc) is 2.40. The Balaban J connectivity index is 2.78. The summed E-state index contributed by atoms with van der Waals surface area (Å²) < 4.78 is 18.4. The summed E-state index contributed by atoms with van der Waals surface area (Å²) in [5, 5.41) is 11.4. The third kappa shape index (κ3) is 4.60. The number of nitrogens with one attached hydrogen (secondary N) is 1. The van der Waals surface area contributed by atoms with Crippen LogP contribution in [0.5, 0.6) is 0 Å². The SMILES string of the molecule is COCCNC(=O)CN(C)c1cc(F)c(C(=O)O)cc1N. The molecule has 0 heterocycles. The van der Waals surface area contributed by atoms with Crippen LogP contribution in [0.1, 0.15) is 10.4 Å². The maximum atomic E-state index is 13.6. The molecule has 0 fully saturated rings. The predicted molar refractivity (Wildman–Crippen MR) is 75.9 cm³/mol. The molecular formula is C13H18FN3O4. The maximum absolute atomic E-state index is 13.6. The van der Waals surface area contributed by atoms with Crippen LogP contribution in [0, 0.1) is 5.82 Å². The zero-order chi connectivity index (χ0) is 16.0. The Labute approximate surface area is 121 Å². The minimum Gasteiger partial charge on any atom is -0.478 e. The van der Waals surface area contributed by atoms with E-state index < -0.39 is 17.3 Å². The molecule has 0 saturated heterocycles. The number of nitrogens with zero attached hydrogens (tertiary/aromatic N) is 1. The zero-order valence-corrected chi connectivity index (χ0v) is 11.9. The van der Waals surface area contributed by atoms with Gasteiger partial charge >= 0.3 is 5.97 Å². The monoisotopic (exact) mass is 299 g/mol. The Hall–Kier alpha value is -2.35. The number of carboxylic acids is 1. The molecule has 1 amide bonds. The van der Waals surface area contributed by atoms with Crippen LogP contribution in [-0.4, -0.2) is 50.8 Å². The van der Waals surface area contributed by atoms with Gasteiger partial charge in [-0.2, -0.15) is 0 Å². The van der Waals surface area contributed by atoms with Crippen molar-refractivity contribution in [2.75, 3.05) is 44.5 Å². The molecule has 7 nitrogen and oxygen atoms in total. The molecule has 1 aromatic rings. The Morgan fingerprint density at radius 1 is 1.48 bits per heavy atom. The molecule has 21 heavy (non-hydrogen) atoms. The van der Waals surface area contributed by atoms with E-state index in [2.05, 4.69) is 5.32 Å². The summed E-state index contributed by atoms with van der Waals surface area (Å²) >= 11 is 0. The summed E-state index contributed by atoms with van der Waals surface area (Å²) in [6.45, 7) is 0.713. The van der Waals surface area contributed by atoms with Gasteiger partial charge in [-0.3, -0.25) is 4.79 Å². The van der Waals surface area contributed by atoms with Gasteiger partial charge < -0.3 is 25.8 Å². The number of carboxylic acid groups (broad SMARTS) is 1. The minimum atomic E-state index is -1.40. The first kappa shape index (κ1) is 16.7. The van der Waals surface area contributed by atoms with Gasteiger partial charge in [0.2, 0.25) is 5.91 Å². The quantitative estimate of drug-likeness (QED) is 0.494. The molecule has 0 atom stereocenters. The first-order valence-electron chi connectivity index (χ1n) is 6.16. The molecule has 0 radical (unpaired) electrons. The van der Waals surface area contributed by atoms with Crippen molar-refractivity contribution in [1.29, 1.82) is 0 Å². The van der Waals surface area contributed by atoms with E-state index in [0.717, 1.165) is 12.1 Å². The van der Waals surface area contributed by atoms with Crippen LogP contribution in [-0.2, 0) is 9.53 Å². The number of rotatable bonds is 7. The van der Waals surface area contributed by atoms with Crippen molar-refractivity contribution in [3.05, 3.63) is 23.5 Å². The number of ether oxygens (including phenoxy) is 1. The molecule has 0 aliphatic rings. The van der Waals surface area contributed by atoms with Crippen LogP contribution in [0.2, 0.25) is 0 Å². The molecule has 0 saturated carbocycles. The summed E-state index contributed by atoms with van der Waals surface area (Å²) in [6, 6.07) is 2.04. The van der Waals surface area contributed by atoms with Crippen molar-refractivity contribution < 1.29 is 23.8 Å². The van der Waals surface area contributed by atoms with E-state index in [4.69, 9.17) is 15.6 Å². The standard InChI is InChI=1S/C13H18FN3O4/c1-17(7-12(18)16-3-4-21-2)11-6-9(14)8(13(19)20)5-10(11)15/h5-6H,3-4,7,15H2,1-2H3,(H,16,18)(H,19,20). The number of methoxy groups -OCH3 is 1. The van der Waals surface area contributed by atoms with Crippen LogP contribution in [0.25, 0.3) is 0 Å². The summed E-state index contributed by atoms with van der Waals surface area (Å²) in [5.74, 6) is -2.58. The molecular weight excluding hydrogens is 281 g/mol. The smallest absolute Gasteiger partial charge is 0.338 e. The van der Waals surface area contributed by atoms with E-state index in [0.29, 0.717) is 13.2 Å². The van der Waals surface area contributed by atoms with E-state index in [1.165, 1.54) is 12.0 Å². The van der Waals surface area contributed by atoms with Crippen LogP contribution in [0.15, 0.2) is 12.1 Å². The number of nitrogens with two attached hydrogens (primary N) is 1. The van der Waals surface area contributed by atoms with E-state index >= 15 is 0 Å². The summed E-state index contributed by atoms with van der Waals surface area (Å²) in [7, 11) is 3.08. The van der Waals surface area contributed by atoms with Gasteiger partial charge in [-0.25, -0.2) is 9.18 Å². The van der Waals surface area contributed by atoms with E-state index in [1.807, 2.05) is 0 Å². The number of carbonyl (C=O) groups is 2. The maximum Gasteiger partial charge on any atom is 0.338 e. The van der Waals surface area contributed by atoms with E-state index in [1.54, 1.807) is 7.05 Å². The lowest BCUT2D eigenvalue weighted by Gasteiger charge is -2.21. The highest BCUT2D eigenvalue weighted by atomic mass is 19.1. The molecule has 8 heteroatoms. The molecule has 0 aliphatic heterocycles. The number of nitrogen functional groups attached to an aromatic ring is 1. The number of hydrogen-bond donors (Lipinski definition) is 3. The molecule has 1 aromatic carbocycles. The van der Waals surface area contributed by atoms with Gasteiger partial charge in [0.1, 0.15) is 5.82 Å². The number of anilines is 2. The van der Waals surface area contributed by atoms with Crippen molar-refractivity contribution in [3.8, 4) is 0 Å². The fraction of sp³-hybridized carbons (Fsp3) is 0.385. The van der Waals surface area contributed by atoms with Crippen molar-refractivity contribution in [1.82, 2.24) is 5.32 Å². The third-order valence-corrected chi connectivity index (χ3v) is 2.77. The molecule has 116 valence electrons. The highest BCUT2D eigenvalue weighted by molar-refractivity contribution is 5.91. The molecule has 0 aromatic heterocycles. The first-order chi connectivity index (χ1) is 9.86. The normalized spacial score (nSPS) is 10.2. The topological polar surface area (TPSA) is 105 Å². The second kappa shape index (κ2) is 7.44. The zero-order valence-electron chi connectivity index (χ0n) is 11.9. The van der Waals surface area contributed by atoms with Gasteiger partial charge in [0.05, 0.1) is 30.1 Å². The number of carbonyl (C=O) groups excluding carboxylic acids is 1. The number of amides is 1. The molecule has 1 rings (SSSR count). The minimum absolute atomic E-state index is 0.0419. The van der Waals surface area contributed by atoms with Gasteiger partial charge in [0.25, 0.3) is 0 Å². The molecule has 0 unspecified atom stereocenters. The molecule has 0 spiro atoms. The van der Waals surface area contributed by atoms with Crippen LogP contribution in [0.4, 0.5) is 15.8 Å². The predicted octanol–water partition coefficient (Wildman–Crippen LogP) is 0.305. The van der Waals surface area contributed by atoms with Crippen LogP contribution in [0.3, 0.4) is 0 Å². The Morgan fingerprint density at radius 2 is 2.14 bits per heavy atom. The van der Waals surface area contributed by atoms with Crippen LogP contribution < -0.4 is 16.0 Å². The number of hydrogen-bond acceptors (Lipinski definition) is 5. The lowest BCUT2D eigenvalue weighted by atomic mass is 10.1.